The maximum Gasteiger partial charge on any atom is 0.193 e. The molecule has 1 aromatic carbocycles. The molecule has 0 saturated carbocycles. The van der Waals surface area contributed by atoms with Crippen molar-refractivity contribution in [1.82, 2.24) is 4.90 Å². The van der Waals surface area contributed by atoms with E-state index >= 15 is 0 Å². The second kappa shape index (κ2) is 5.57. The second-order valence-electron chi connectivity index (χ2n) is 6.88. The zero-order valence-electron chi connectivity index (χ0n) is 14.4. The summed E-state index contributed by atoms with van der Waals surface area (Å²) in [7, 11) is -0.549. The maximum absolute atomic E-state index is 13.7. The van der Waals surface area contributed by atoms with Crippen molar-refractivity contribution in [2.24, 2.45) is 0 Å². The highest BCUT2D eigenvalue weighted by Gasteiger charge is 2.57. The Morgan fingerprint density at radius 3 is 2.58 bits per heavy atom. The summed E-state index contributed by atoms with van der Waals surface area (Å²) >= 11 is 0. The Balaban J connectivity index is 1.91. The van der Waals surface area contributed by atoms with Crippen molar-refractivity contribution in [2.75, 3.05) is 6.16 Å². The van der Waals surface area contributed by atoms with Gasteiger partial charge in [-0.3, -0.25) is 4.79 Å². The van der Waals surface area contributed by atoms with Gasteiger partial charge in [0.1, 0.15) is 5.28 Å². The highest BCUT2D eigenvalue weighted by atomic mass is 31.1. The second-order valence-corrected chi connectivity index (χ2v) is 9.46. The first-order valence-corrected chi connectivity index (χ1v) is 9.96. The topological polar surface area (TPSA) is 20.3 Å². The number of benzene rings is 1. The molecule has 3 heteroatoms. The quantitative estimate of drug-likeness (QED) is 0.409. The first-order chi connectivity index (χ1) is 11.6. The maximum atomic E-state index is 13.7. The van der Waals surface area contributed by atoms with Gasteiger partial charge in [-0.05, 0) is 52.3 Å². The molecule has 3 aliphatic rings. The summed E-state index contributed by atoms with van der Waals surface area (Å²) in [4.78, 5) is 16.0. The first kappa shape index (κ1) is 15.6. The van der Waals surface area contributed by atoms with Crippen molar-refractivity contribution in [1.29, 1.82) is 0 Å². The van der Waals surface area contributed by atoms with E-state index in [1.807, 2.05) is 30.3 Å². The molecular weight excluding hydrogens is 313 g/mol. The number of hydrogen-bond donors (Lipinski definition) is 0. The van der Waals surface area contributed by atoms with E-state index in [-0.39, 0.29) is 5.78 Å². The molecule has 0 saturated heterocycles. The average Bonchev–Trinajstić information content (AvgIpc) is 2.86. The van der Waals surface area contributed by atoms with E-state index in [1.54, 1.807) is 0 Å². The Kier molecular flexibility index (Phi) is 3.62. The number of hydrogen-bond acceptors (Lipinski definition) is 2. The van der Waals surface area contributed by atoms with Gasteiger partial charge < -0.3 is 4.90 Å². The Bertz CT molecular complexity index is 831. The Morgan fingerprint density at radius 2 is 1.83 bits per heavy atom. The number of fused-ring (bicyclic) bond motifs is 3. The van der Waals surface area contributed by atoms with Gasteiger partial charge in [0, 0.05) is 23.9 Å². The Morgan fingerprint density at radius 1 is 1.08 bits per heavy atom. The fourth-order valence-corrected chi connectivity index (χ4v) is 7.56. The predicted molar refractivity (Wildman–Crippen MR) is 101 cm³/mol. The first-order valence-electron chi connectivity index (χ1n) is 8.43. The Hall–Kier alpha value is -1.92. The SMILES string of the molecule is CC1=C(C)C[C@@]2(C(=O)c3ccccc3)N3C=CC=CC3=C(C)P2C1. The summed E-state index contributed by atoms with van der Waals surface area (Å²) in [6.45, 7) is 6.65. The van der Waals surface area contributed by atoms with Crippen molar-refractivity contribution < 1.29 is 4.79 Å². The molecule has 2 atom stereocenters. The molecule has 0 bridgehead atoms. The third-order valence-electron chi connectivity index (χ3n) is 5.52. The molecule has 3 heterocycles. The van der Waals surface area contributed by atoms with Crippen molar-refractivity contribution in [3.63, 3.8) is 0 Å². The molecular formula is C21H22NOP. The summed E-state index contributed by atoms with van der Waals surface area (Å²) in [6, 6.07) is 9.82. The van der Waals surface area contributed by atoms with Crippen LogP contribution in [0.3, 0.4) is 0 Å². The van der Waals surface area contributed by atoms with Crippen LogP contribution < -0.4 is 0 Å². The molecule has 0 N–H and O–H groups in total. The van der Waals surface area contributed by atoms with Gasteiger partial charge in [0.2, 0.25) is 0 Å². The summed E-state index contributed by atoms with van der Waals surface area (Å²) in [5.41, 5.74) is 4.89. The average molecular weight is 335 g/mol. The van der Waals surface area contributed by atoms with E-state index in [4.69, 9.17) is 0 Å². The molecule has 0 fully saturated rings. The van der Waals surface area contributed by atoms with Crippen LogP contribution in [0.4, 0.5) is 0 Å². The highest BCUT2D eigenvalue weighted by molar-refractivity contribution is 7.65. The minimum Gasteiger partial charge on any atom is -0.330 e. The van der Waals surface area contributed by atoms with Gasteiger partial charge in [-0.2, -0.15) is 0 Å². The van der Waals surface area contributed by atoms with Crippen LogP contribution in [-0.4, -0.2) is 22.1 Å². The van der Waals surface area contributed by atoms with Crippen LogP contribution in [-0.2, 0) is 0 Å². The van der Waals surface area contributed by atoms with E-state index in [1.165, 1.54) is 22.2 Å². The van der Waals surface area contributed by atoms with Crippen LogP contribution in [0.25, 0.3) is 0 Å². The normalized spacial score (nSPS) is 28.3. The molecule has 122 valence electrons. The van der Waals surface area contributed by atoms with E-state index < -0.39 is 13.2 Å². The monoisotopic (exact) mass is 335 g/mol. The van der Waals surface area contributed by atoms with Crippen molar-refractivity contribution in [3.05, 3.63) is 82.5 Å². The van der Waals surface area contributed by atoms with Crippen LogP contribution in [0.5, 0.6) is 0 Å². The van der Waals surface area contributed by atoms with E-state index in [0.717, 1.165) is 18.1 Å². The van der Waals surface area contributed by atoms with Gasteiger partial charge in [-0.15, -0.1) is 0 Å². The number of nitrogens with zero attached hydrogens (tertiary/aromatic N) is 1. The van der Waals surface area contributed by atoms with Gasteiger partial charge in [-0.1, -0.05) is 47.6 Å². The van der Waals surface area contributed by atoms with Gasteiger partial charge in [0.25, 0.3) is 0 Å². The number of Topliss-reactive ketones (excluding diaryl/α,β-unsaturated/α-hetero) is 1. The van der Waals surface area contributed by atoms with Crippen LogP contribution in [0.2, 0.25) is 0 Å². The summed E-state index contributed by atoms with van der Waals surface area (Å²) in [5.74, 6) is 0.273. The number of ketones is 1. The van der Waals surface area contributed by atoms with Crippen molar-refractivity contribution in [2.45, 2.75) is 32.5 Å². The standard InChI is InChI=1S/C21H22NOP/c1-15-13-21(20(23)18-9-5-4-6-10-18)22-12-8-7-11-19(22)17(3)24(21)14-16(15)2/h4-12H,13-14H2,1-3H3/t21-,24?/m1/s1. The molecule has 24 heavy (non-hydrogen) atoms. The zero-order chi connectivity index (χ0) is 16.9. The lowest BCUT2D eigenvalue weighted by Gasteiger charge is -2.46. The van der Waals surface area contributed by atoms with Crippen molar-refractivity contribution >= 4 is 13.7 Å². The molecule has 0 aromatic heterocycles. The van der Waals surface area contributed by atoms with Gasteiger partial charge in [0.05, 0.1) is 0 Å². The third kappa shape index (κ3) is 2.03. The third-order valence-corrected chi connectivity index (χ3v) is 8.81. The molecule has 1 aromatic rings. The van der Waals surface area contributed by atoms with Crippen LogP contribution >= 0.6 is 7.92 Å². The predicted octanol–water partition coefficient (Wildman–Crippen LogP) is 5.42. The molecule has 2 nitrogen and oxygen atoms in total. The zero-order valence-corrected chi connectivity index (χ0v) is 15.3. The minimum absolute atomic E-state index is 0.273. The molecule has 3 aliphatic heterocycles. The molecule has 0 amide bonds. The number of carbonyl (C=O) groups excluding carboxylic acids is 1. The fraction of sp³-hybridized carbons (Fsp3) is 0.286. The smallest absolute Gasteiger partial charge is 0.193 e. The molecule has 0 radical (unpaired) electrons. The number of carbonyl (C=O) groups is 1. The molecule has 0 aliphatic carbocycles. The molecule has 0 spiro atoms. The minimum atomic E-state index is -0.549. The largest absolute Gasteiger partial charge is 0.330 e. The lowest BCUT2D eigenvalue weighted by molar-refractivity contribution is 0.0860. The highest BCUT2D eigenvalue weighted by Crippen LogP contribution is 2.70. The van der Waals surface area contributed by atoms with Crippen molar-refractivity contribution in [3.8, 4) is 0 Å². The summed E-state index contributed by atoms with van der Waals surface area (Å²) in [5, 5.41) is 0.961. The number of rotatable bonds is 2. The van der Waals surface area contributed by atoms with Gasteiger partial charge in [0.15, 0.2) is 5.78 Å². The van der Waals surface area contributed by atoms with Gasteiger partial charge in [-0.25, -0.2) is 0 Å². The fourth-order valence-electron chi connectivity index (χ4n) is 4.06. The lowest BCUT2D eigenvalue weighted by atomic mass is 9.93. The molecule has 1 unspecified atom stereocenters. The van der Waals surface area contributed by atoms with Crippen LogP contribution in [0, 0.1) is 0 Å². The lowest BCUT2D eigenvalue weighted by Crippen LogP contribution is -2.49. The van der Waals surface area contributed by atoms with Gasteiger partial charge >= 0.3 is 0 Å². The van der Waals surface area contributed by atoms with Crippen LogP contribution in [0.1, 0.15) is 37.6 Å². The molecule has 4 rings (SSSR count). The number of allylic oxidation sites excluding steroid dienone is 5. The summed E-state index contributed by atoms with van der Waals surface area (Å²) in [6.07, 6.45) is 10.3. The van der Waals surface area contributed by atoms with E-state index in [9.17, 15) is 4.79 Å². The summed E-state index contributed by atoms with van der Waals surface area (Å²) < 4.78 is 0. The van der Waals surface area contributed by atoms with E-state index in [0.29, 0.717) is 0 Å². The van der Waals surface area contributed by atoms with E-state index in [2.05, 4.69) is 50.1 Å². The van der Waals surface area contributed by atoms with Crippen LogP contribution in [0.15, 0.2) is 76.9 Å². The Labute approximate surface area is 145 Å².